The van der Waals surface area contributed by atoms with Gasteiger partial charge in [0.1, 0.15) is 5.69 Å². The average Bonchev–Trinajstić information content (AvgIpc) is 2.80. The molecule has 8 heteroatoms. The first-order chi connectivity index (χ1) is 15.4. The maximum atomic E-state index is 12.8. The van der Waals surface area contributed by atoms with Gasteiger partial charge in [0.15, 0.2) is 0 Å². The summed E-state index contributed by atoms with van der Waals surface area (Å²) >= 11 is 0. The molecule has 1 amide bonds. The third kappa shape index (κ3) is 5.67. The first-order valence-electron chi connectivity index (χ1n) is 10.3. The Balaban J connectivity index is 1.74. The molecule has 1 heterocycles. The van der Waals surface area contributed by atoms with Crippen molar-refractivity contribution in [3.05, 3.63) is 99.9 Å². The molecule has 1 aromatic heterocycles. The lowest BCUT2D eigenvalue weighted by molar-refractivity contribution is -0.384. The Hall–Kier alpha value is -3.78. The monoisotopic (exact) mass is 433 g/mol. The molecule has 32 heavy (non-hydrogen) atoms. The van der Waals surface area contributed by atoms with Crippen LogP contribution in [0.3, 0.4) is 0 Å². The van der Waals surface area contributed by atoms with Crippen LogP contribution in [-0.4, -0.2) is 41.4 Å². The summed E-state index contributed by atoms with van der Waals surface area (Å²) < 4.78 is 0. The van der Waals surface area contributed by atoms with Crippen molar-refractivity contribution in [2.75, 3.05) is 26.0 Å². The molecule has 0 fully saturated rings. The van der Waals surface area contributed by atoms with Gasteiger partial charge in [-0.3, -0.25) is 19.9 Å². The van der Waals surface area contributed by atoms with Crippen LogP contribution in [0.1, 0.15) is 40.6 Å². The Bertz CT molecular complexity index is 1060. The lowest BCUT2D eigenvalue weighted by Gasteiger charge is -2.25. The van der Waals surface area contributed by atoms with Gasteiger partial charge in [-0.25, -0.2) is 0 Å². The molecule has 0 aliphatic heterocycles. The van der Waals surface area contributed by atoms with Crippen molar-refractivity contribution < 1.29 is 9.72 Å². The second-order valence-corrected chi connectivity index (χ2v) is 7.71. The number of nitro groups is 1. The first-order valence-corrected chi connectivity index (χ1v) is 10.3. The summed E-state index contributed by atoms with van der Waals surface area (Å²) in [5, 5.41) is 17.7. The van der Waals surface area contributed by atoms with Crippen molar-refractivity contribution in [3.63, 3.8) is 0 Å². The van der Waals surface area contributed by atoms with Gasteiger partial charge in [0.2, 0.25) is 0 Å². The van der Waals surface area contributed by atoms with Crippen molar-refractivity contribution in [1.29, 1.82) is 0 Å². The van der Waals surface area contributed by atoms with Gasteiger partial charge >= 0.3 is 0 Å². The second kappa shape index (κ2) is 10.5. The predicted octanol–water partition coefficient (Wildman–Crippen LogP) is 4.20. The minimum Gasteiger partial charge on any atom is -0.371 e. The molecule has 2 aromatic carbocycles. The fourth-order valence-corrected chi connectivity index (χ4v) is 3.45. The van der Waals surface area contributed by atoms with E-state index < -0.39 is 4.92 Å². The Kier molecular flexibility index (Phi) is 7.51. The number of hydrogen-bond donors (Lipinski definition) is 2. The number of rotatable bonds is 9. The SMILES string of the molecule is CC(Nc1ccc(C(=O)NCC(c2ccccc2)N(C)C)cc1[N+](=O)[O-])c1ccccn1. The molecule has 3 aromatic rings. The number of nitrogens with zero attached hydrogens (tertiary/aromatic N) is 3. The number of nitrogens with one attached hydrogen (secondary N) is 2. The number of carbonyl (C=O) groups is 1. The van der Waals surface area contributed by atoms with Crippen molar-refractivity contribution in [1.82, 2.24) is 15.2 Å². The van der Waals surface area contributed by atoms with Gasteiger partial charge in [0, 0.05) is 24.4 Å². The van der Waals surface area contributed by atoms with Gasteiger partial charge in [0.05, 0.1) is 22.7 Å². The van der Waals surface area contributed by atoms with Gasteiger partial charge in [-0.2, -0.15) is 0 Å². The molecule has 2 N–H and O–H groups in total. The number of carbonyl (C=O) groups excluding carboxylic acids is 1. The van der Waals surface area contributed by atoms with Crippen LogP contribution < -0.4 is 10.6 Å². The Morgan fingerprint density at radius 1 is 1.09 bits per heavy atom. The number of nitro benzene ring substituents is 1. The predicted molar refractivity (Wildman–Crippen MR) is 125 cm³/mol. The zero-order chi connectivity index (χ0) is 23.1. The maximum absolute atomic E-state index is 12.8. The van der Waals surface area contributed by atoms with Gasteiger partial charge < -0.3 is 15.5 Å². The van der Waals surface area contributed by atoms with Gasteiger partial charge in [-0.05, 0) is 50.8 Å². The van der Waals surface area contributed by atoms with Crippen LogP contribution >= 0.6 is 0 Å². The smallest absolute Gasteiger partial charge is 0.293 e. The van der Waals surface area contributed by atoms with Crippen LogP contribution in [0.25, 0.3) is 0 Å². The molecule has 0 bridgehead atoms. The summed E-state index contributed by atoms with van der Waals surface area (Å²) in [4.78, 5) is 30.2. The highest BCUT2D eigenvalue weighted by molar-refractivity contribution is 5.95. The lowest BCUT2D eigenvalue weighted by Crippen LogP contribution is -2.34. The highest BCUT2D eigenvalue weighted by Crippen LogP contribution is 2.29. The molecule has 0 saturated carbocycles. The summed E-state index contributed by atoms with van der Waals surface area (Å²) in [6.45, 7) is 2.25. The number of amides is 1. The molecule has 166 valence electrons. The fraction of sp³-hybridized carbons (Fsp3) is 0.250. The molecule has 0 saturated heterocycles. The van der Waals surface area contributed by atoms with Crippen LogP contribution in [0.15, 0.2) is 72.9 Å². The van der Waals surface area contributed by atoms with Crippen molar-refractivity contribution >= 4 is 17.3 Å². The minimum absolute atomic E-state index is 0.0182. The molecule has 8 nitrogen and oxygen atoms in total. The molecular formula is C24H27N5O3. The van der Waals surface area contributed by atoms with Crippen LogP contribution in [0.5, 0.6) is 0 Å². The van der Waals surface area contributed by atoms with E-state index in [1.807, 2.05) is 74.4 Å². The molecule has 2 unspecified atom stereocenters. The number of benzene rings is 2. The molecule has 0 aliphatic rings. The van der Waals surface area contributed by atoms with Gasteiger partial charge in [-0.15, -0.1) is 0 Å². The second-order valence-electron chi connectivity index (χ2n) is 7.71. The van der Waals surface area contributed by atoms with Crippen LogP contribution in [0.2, 0.25) is 0 Å². The Morgan fingerprint density at radius 2 is 1.81 bits per heavy atom. The third-order valence-corrected chi connectivity index (χ3v) is 5.22. The number of likely N-dealkylation sites (N-methyl/N-ethyl adjacent to an activating group) is 1. The quantitative estimate of drug-likeness (QED) is 0.388. The highest BCUT2D eigenvalue weighted by atomic mass is 16.6. The number of pyridine rings is 1. The normalized spacial score (nSPS) is 12.8. The highest BCUT2D eigenvalue weighted by Gasteiger charge is 2.21. The Labute approximate surface area is 187 Å². The van der Waals surface area contributed by atoms with E-state index in [1.165, 1.54) is 6.07 Å². The Morgan fingerprint density at radius 3 is 2.44 bits per heavy atom. The number of aromatic nitrogens is 1. The van der Waals surface area contributed by atoms with E-state index in [2.05, 4.69) is 15.6 Å². The van der Waals surface area contributed by atoms with E-state index in [1.54, 1.807) is 18.3 Å². The van der Waals surface area contributed by atoms with Crippen molar-refractivity contribution in [3.8, 4) is 0 Å². The largest absolute Gasteiger partial charge is 0.371 e. The number of hydrogen-bond acceptors (Lipinski definition) is 6. The van der Waals surface area contributed by atoms with Crippen LogP contribution in [0, 0.1) is 10.1 Å². The third-order valence-electron chi connectivity index (χ3n) is 5.22. The molecular weight excluding hydrogens is 406 g/mol. The summed E-state index contributed by atoms with van der Waals surface area (Å²) in [5.41, 5.74) is 2.25. The van der Waals surface area contributed by atoms with E-state index in [0.29, 0.717) is 12.2 Å². The van der Waals surface area contributed by atoms with E-state index in [4.69, 9.17) is 0 Å². The van der Waals surface area contributed by atoms with Crippen LogP contribution in [0.4, 0.5) is 11.4 Å². The zero-order valence-corrected chi connectivity index (χ0v) is 18.4. The summed E-state index contributed by atoms with van der Waals surface area (Å²) in [5.74, 6) is -0.361. The van der Waals surface area contributed by atoms with E-state index in [9.17, 15) is 14.9 Å². The zero-order valence-electron chi connectivity index (χ0n) is 18.4. The molecule has 0 radical (unpaired) electrons. The lowest BCUT2D eigenvalue weighted by atomic mass is 10.1. The minimum atomic E-state index is -0.489. The summed E-state index contributed by atoms with van der Waals surface area (Å²) in [6, 6.07) is 19.6. The number of anilines is 1. The van der Waals surface area contributed by atoms with Crippen molar-refractivity contribution in [2.45, 2.75) is 19.0 Å². The maximum Gasteiger partial charge on any atom is 0.293 e. The van der Waals surface area contributed by atoms with Gasteiger partial charge in [-0.1, -0.05) is 36.4 Å². The van der Waals surface area contributed by atoms with E-state index in [0.717, 1.165) is 11.3 Å². The standard InChI is InChI=1S/C24H27N5O3/c1-17(20-11-7-8-14-25-20)27-21-13-12-19(15-22(21)29(31)32)24(30)26-16-23(28(2)3)18-9-5-4-6-10-18/h4-15,17,23,27H,16H2,1-3H3,(H,26,30). The average molecular weight is 434 g/mol. The topological polar surface area (TPSA) is 100 Å². The van der Waals surface area contributed by atoms with Crippen LogP contribution in [-0.2, 0) is 0 Å². The van der Waals surface area contributed by atoms with Gasteiger partial charge in [0.25, 0.3) is 11.6 Å². The molecule has 0 aliphatic carbocycles. The molecule has 3 rings (SSSR count). The summed E-state index contributed by atoms with van der Waals surface area (Å²) in [6.07, 6.45) is 1.67. The van der Waals surface area contributed by atoms with Crippen molar-refractivity contribution in [2.24, 2.45) is 0 Å². The first kappa shape index (κ1) is 22.9. The molecule has 2 atom stereocenters. The summed E-state index contributed by atoms with van der Waals surface area (Å²) in [7, 11) is 3.88. The fourth-order valence-electron chi connectivity index (χ4n) is 3.45. The van der Waals surface area contributed by atoms with E-state index in [-0.39, 0.29) is 29.2 Å². The van der Waals surface area contributed by atoms with E-state index >= 15 is 0 Å². The molecule has 0 spiro atoms.